The van der Waals surface area contributed by atoms with Gasteiger partial charge in [0.2, 0.25) is 0 Å². The third-order valence-corrected chi connectivity index (χ3v) is 7.11. The van der Waals surface area contributed by atoms with E-state index in [2.05, 4.69) is 17.7 Å². The minimum absolute atomic E-state index is 0.242. The molecule has 5 heteroatoms. The highest BCUT2D eigenvalue weighted by Gasteiger charge is 2.44. The van der Waals surface area contributed by atoms with Crippen LogP contribution < -0.4 is 4.74 Å². The fraction of sp³-hybridized carbons (Fsp3) is 0.720. The molecular weight excluding hydrogens is 380 g/mol. The number of benzene rings is 1. The van der Waals surface area contributed by atoms with Gasteiger partial charge in [-0.05, 0) is 73.5 Å². The van der Waals surface area contributed by atoms with Gasteiger partial charge in [0.15, 0.2) is 0 Å². The Morgan fingerprint density at radius 3 is 2.83 bits per heavy atom. The number of aliphatic hydroxyl groups excluding tert-OH is 2. The van der Waals surface area contributed by atoms with Crippen LogP contribution in [0.3, 0.4) is 0 Å². The molecule has 0 aromatic heterocycles. The van der Waals surface area contributed by atoms with Gasteiger partial charge < -0.3 is 19.7 Å². The van der Waals surface area contributed by atoms with Crippen molar-refractivity contribution in [3.8, 4) is 5.75 Å². The molecule has 0 spiro atoms. The van der Waals surface area contributed by atoms with Crippen molar-refractivity contribution in [2.45, 2.75) is 83.3 Å². The molecule has 1 fully saturated rings. The SMILES string of the molecule is CCCCC[C@H](O)CCC1[C@H](O)C[C@@H]2Cc3c(cccc3OCCC(=O)OC)C[C@H]12. The van der Waals surface area contributed by atoms with Gasteiger partial charge in [-0.3, -0.25) is 4.79 Å². The highest BCUT2D eigenvalue weighted by molar-refractivity contribution is 5.69. The summed E-state index contributed by atoms with van der Waals surface area (Å²) in [6, 6.07) is 6.16. The highest BCUT2D eigenvalue weighted by atomic mass is 16.5. The first-order chi connectivity index (χ1) is 14.5. The van der Waals surface area contributed by atoms with E-state index in [9.17, 15) is 15.0 Å². The minimum Gasteiger partial charge on any atom is -0.493 e. The maximum atomic E-state index is 11.3. The Bertz CT molecular complexity index is 688. The average molecular weight is 419 g/mol. The van der Waals surface area contributed by atoms with E-state index in [4.69, 9.17) is 4.74 Å². The van der Waals surface area contributed by atoms with Gasteiger partial charge in [0.05, 0.1) is 32.3 Å². The molecule has 2 aliphatic carbocycles. The molecule has 0 heterocycles. The van der Waals surface area contributed by atoms with Crippen molar-refractivity contribution in [3.63, 3.8) is 0 Å². The van der Waals surface area contributed by atoms with Gasteiger partial charge in [-0.1, -0.05) is 38.3 Å². The highest BCUT2D eigenvalue weighted by Crippen LogP contribution is 2.48. The smallest absolute Gasteiger partial charge is 0.308 e. The fourth-order valence-electron chi connectivity index (χ4n) is 5.44. The topological polar surface area (TPSA) is 76.0 Å². The van der Waals surface area contributed by atoms with Crippen molar-refractivity contribution in [2.75, 3.05) is 13.7 Å². The van der Waals surface area contributed by atoms with Crippen molar-refractivity contribution >= 4 is 5.97 Å². The lowest BCUT2D eigenvalue weighted by Crippen LogP contribution is -2.28. The monoisotopic (exact) mass is 418 g/mol. The molecule has 168 valence electrons. The van der Waals surface area contributed by atoms with E-state index in [0.29, 0.717) is 18.4 Å². The summed E-state index contributed by atoms with van der Waals surface area (Å²) in [6.45, 7) is 2.50. The van der Waals surface area contributed by atoms with Gasteiger partial charge >= 0.3 is 5.97 Å². The maximum Gasteiger partial charge on any atom is 0.308 e. The van der Waals surface area contributed by atoms with Gasteiger partial charge in [0.25, 0.3) is 0 Å². The molecule has 2 N–H and O–H groups in total. The van der Waals surface area contributed by atoms with E-state index in [1.807, 2.05) is 12.1 Å². The minimum atomic E-state index is -0.277. The van der Waals surface area contributed by atoms with Crippen molar-refractivity contribution in [1.29, 1.82) is 0 Å². The Morgan fingerprint density at radius 2 is 2.07 bits per heavy atom. The molecule has 0 saturated heterocycles. The van der Waals surface area contributed by atoms with Crippen LogP contribution in [0.15, 0.2) is 18.2 Å². The number of carbonyl (C=O) groups is 1. The van der Waals surface area contributed by atoms with Crippen LogP contribution in [0.1, 0.15) is 69.4 Å². The summed E-state index contributed by atoms with van der Waals surface area (Å²) in [5, 5.41) is 21.1. The van der Waals surface area contributed by atoms with E-state index in [1.165, 1.54) is 31.1 Å². The number of hydrogen-bond donors (Lipinski definition) is 2. The third-order valence-electron chi connectivity index (χ3n) is 7.11. The van der Waals surface area contributed by atoms with E-state index < -0.39 is 0 Å². The third kappa shape index (κ3) is 5.76. The second-order valence-electron chi connectivity index (χ2n) is 9.09. The summed E-state index contributed by atoms with van der Waals surface area (Å²) in [5.74, 6) is 1.80. The Hall–Kier alpha value is -1.59. The average Bonchev–Trinajstić information content (AvgIpc) is 3.04. The summed E-state index contributed by atoms with van der Waals surface area (Å²) in [7, 11) is 1.39. The van der Waals surface area contributed by atoms with Gasteiger partial charge in [0, 0.05) is 0 Å². The molecule has 1 unspecified atom stereocenters. The molecule has 1 aromatic carbocycles. The number of methoxy groups -OCH3 is 1. The fourth-order valence-corrected chi connectivity index (χ4v) is 5.44. The summed E-state index contributed by atoms with van der Waals surface area (Å²) in [4.78, 5) is 11.3. The number of carbonyl (C=O) groups excluding carboxylic acids is 1. The predicted octanol–water partition coefficient (Wildman–Crippen LogP) is 4.06. The number of ether oxygens (including phenoxy) is 2. The summed E-state index contributed by atoms with van der Waals surface area (Å²) in [5.41, 5.74) is 2.53. The van der Waals surface area contributed by atoms with Gasteiger partial charge in [-0.25, -0.2) is 0 Å². The maximum absolute atomic E-state index is 11.3. The second-order valence-corrected chi connectivity index (χ2v) is 9.09. The predicted molar refractivity (Wildman–Crippen MR) is 116 cm³/mol. The van der Waals surface area contributed by atoms with Crippen LogP contribution in [0.4, 0.5) is 0 Å². The first-order valence-electron chi connectivity index (χ1n) is 11.7. The van der Waals surface area contributed by atoms with E-state index in [-0.39, 0.29) is 30.5 Å². The van der Waals surface area contributed by atoms with Gasteiger partial charge in [-0.15, -0.1) is 0 Å². The van der Waals surface area contributed by atoms with Crippen LogP contribution in [0.2, 0.25) is 0 Å². The zero-order chi connectivity index (χ0) is 21.5. The zero-order valence-corrected chi connectivity index (χ0v) is 18.5. The van der Waals surface area contributed by atoms with Crippen molar-refractivity contribution in [1.82, 2.24) is 0 Å². The molecule has 1 aromatic rings. The molecule has 0 bridgehead atoms. The van der Waals surface area contributed by atoms with Crippen molar-refractivity contribution < 1.29 is 24.5 Å². The number of rotatable bonds is 11. The van der Waals surface area contributed by atoms with E-state index in [1.54, 1.807) is 0 Å². The van der Waals surface area contributed by atoms with Crippen LogP contribution >= 0.6 is 0 Å². The Balaban J connectivity index is 1.59. The largest absolute Gasteiger partial charge is 0.493 e. The Kier molecular flexibility index (Phi) is 8.58. The lowest BCUT2D eigenvalue weighted by atomic mass is 9.73. The standard InChI is InChI=1S/C25H38O5/c1-3-4-5-8-19(26)10-11-20-21-14-17-7-6-9-24(30-13-12-25(28)29-2)22(17)15-18(21)16-23(20)27/h6-7,9,18-21,23,26-27H,3-5,8,10-16H2,1-2H3/t18-,19-,20?,21-,23+/m0/s1. The molecular formula is C25H38O5. The van der Waals surface area contributed by atoms with Gasteiger partial charge in [-0.2, -0.15) is 0 Å². The molecule has 30 heavy (non-hydrogen) atoms. The van der Waals surface area contributed by atoms with Crippen LogP contribution in [-0.2, 0) is 22.4 Å². The van der Waals surface area contributed by atoms with Crippen molar-refractivity contribution in [2.24, 2.45) is 17.8 Å². The Labute approximate surface area is 180 Å². The lowest BCUT2D eigenvalue weighted by Gasteiger charge is -2.32. The molecule has 3 rings (SSSR count). The van der Waals surface area contributed by atoms with Gasteiger partial charge in [0.1, 0.15) is 5.75 Å². The van der Waals surface area contributed by atoms with Crippen LogP contribution in [-0.4, -0.2) is 42.1 Å². The molecule has 5 nitrogen and oxygen atoms in total. The molecule has 0 aliphatic heterocycles. The number of fused-ring (bicyclic) bond motifs is 2. The number of hydrogen-bond acceptors (Lipinski definition) is 5. The number of aliphatic hydroxyl groups is 2. The quantitative estimate of drug-likeness (QED) is 0.419. The van der Waals surface area contributed by atoms with Crippen molar-refractivity contribution in [3.05, 3.63) is 29.3 Å². The molecule has 5 atom stereocenters. The molecule has 2 aliphatic rings. The van der Waals surface area contributed by atoms with E-state index in [0.717, 1.165) is 50.7 Å². The van der Waals surface area contributed by atoms with Crippen LogP contribution in [0, 0.1) is 17.8 Å². The Morgan fingerprint density at radius 1 is 1.23 bits per heavy atom. The second kappa shape index (κ2) is 11.1. The summed E-state index contributed by atoms with van der Waals surface area (Å²) in [6.07, 6.45) is 8.43. The first kappa shape index (κ1) is 23.1. The van der Waals surface area contributed by atoms with Crippen LogP contribution in [0.5, 0.6) is 5.75 Å². The van der Waals surface area contributed by atoms with Crippen LogP contribution in [0.25, 0.3) is 0 Å². The number of unbranched alkanes of at least 4 members (excludes halogenated alkanes) is 2. The summed E-state index contributed by atoms with van der Waals surface area (Å²) < 4.78 is 10.6. The number of esters is 1. The summed E-state index contributed by atoms with van der Waals surface area (Å²) >= 11 is 0. The zero-order valence-electron chi connectivity index (χ0n) is 18.5. The first-order valence-corrected chi connectivity index (χ1v) is 11.7. The van der Waals surface area contributed by atoms with E-state index >= 15 is 0 Å². The lowest BCUT2D eigenvalue weighted by molar-refractivity contribution is -0.141. The molecule has 0 radical (unpaired) electrons. The molecule has 1 saturated carbocycles. The molecule has 0 amide bonds. The normalized spacial score (nSPS) is 26.0.